The molecule has 1 saturated heterocycles. The Morgan fingerprint density at radius 1 is 1.60 bits per heavy atom. The fourth-order valence-electron chi connectivity index (χ4n) is 2.59. The SMILES string of the molecule is CC1CN(C(=O)c2sc3cnccc3c2N)CCC1O. The van der Waals surface area contributed by atoms with E-state index in [9.17, 15) is 9.90 Å². The largest absolute Gasteiger partial charge is 0.397 e. The number of hydrogen-bond donors (Lipinski definition) is 2. The number of carbonyl (C=O) groups is 1. The number of nitrogen functional groups attached to an aromatic ring is 1. The molecule has 1 aliphatic heterocycles. The Hall–Kier alpha value is -1.66. The minimum absolute atomic E-state index is 0.0394. The van der Waals surface area contributed by atoms with Gasteiger partial charge in [-0.15, -0.1) is 11.3 Å². The number of aliphatic hydroxyl groups is 1. The maximum Gasteiger partial charge on any atom is 0.266 e. The van der Waals surface area contributed by atoms with E-state index >= 15 is 0 Å². The predicted molar refractivity (Wildman–Crippen MR) is 79.7 cm³/mol. The van der Waals surface area contributed by atoms with Crippen LogP contribution < -0.4 is 5.73 Å². The molecule has 6 heteroatoms. The fraction of sp³-hybridized carbons (Fsp3) is 0.429. The van der Waals surface area contributed by atoms with Crippen LogP contribution in [0.2, 0.25) is 0 Å². The van der Waals surface area contributed by atoms with E-state index in [1.165, 1.54) is 11.3 Å². The van der Waals surface area contributed by atoms with Crippen molar-refractivity contribution in [3.8, 4) is 0 Å². The number of aliphatic hydroxyl groups excluding tert-OH is 1. The van der Waals surface area contributed by atoms with Gasteiger partial charge in [0.15, 0.2) is 0 Å². The minimum atomic E-state index is -0.317. The van der Waals surface area contributed by atoms with Crippen molar-refractivity contribution >= 4 is 33.0 Å². The summed E-state index contributed by atoms with van der Waals surface area (Å²) in [4.78, 5) is 19.0. The normalized spacial score (nSPS) is 23.2. The van der Waals surface area contributed by atoms with Crippen LogP contribution in [0, 0.1) is 5.92 Å². The first kappa shape index (κ1) is 13.3. The van der Waals surface area contributed by atoms with Crippen LogP contribution in [0.1, 0.15) is 23.0 Å². The minimum Gasteiger partial charge on any atom is -0.397 e. The van der Waals surface area contributed by atoms with E-state index in [-0.39, 0.29) is 17.9 Å². The van der Waals surface area contributed by atoms with Crippen LogP contribution in [0.3, 0.4) is 0 Å². The second-order valence-electron chi connectivity index (χ2n) is 5.30. The van der Waals surface area contributed by atoms with Crippen molar-refractivity contribution in [3.63, 3.8) is 0 Å². The molecule has 1 amide bonds. The molecule has 106 valence electrons. The highest BCUT2D eigenvalue weighted by molar-refractivity contribution is 7.21. The van der Waals surface area contributed by atoms with Crippen molar-refractivity contribution in [2.24, 2.45) is 5.92 Å². The molecule has 0 bridgehead atoms. The number of piperidine rings is 1. The highest BCUT2D eigenvalue weighted by atomic mass is 32.1. The van der Waals surface area contributed by atoms with Crippen molar-refractivity contribution in [1.82, 2.24) is 9.88 Å². The second-order valence-corrected chi connectivity index (χ2v) is 6.35. The van der Waals surface area contributed by atoms with Crippen LogP contribution in [0.15, 0.2) is 18.5 Å². The topological polar surface area (TPSA) is 79.5 Å². The van der Waals surface area contributed by atoms with Gasteiger partial charge < -0.3 is 15.7 Å². The molecule has 20 heavy (non-hydrogen) atoms. The van der Waals surface area contributed by atoms with E-state index in [0.29, 0.717) is 30.1 Å². The number of carbonyl (C=O) groups excluding carboxylic acids is 1. The van der Waals surface area contributed by atoms with Gasteiger partial charge in [0.05, 0.1) is 16.5 Å². The number of fused-ring (bicyclic) bond motifs is 1. The Balaban J connectivity index is 1.91. The summed E-state index contributed by atoms with van der Waals surface area (Å²) in [7, 11) is 0. The molecule has 0 spiro atoms. The highest BCUT2D eigenvalue weighted by Gasteiger charge is 2.29. The molecule has 3 N–H and O–H groups in total. The van der Waals surface area contributed by atoms with Crippen molar-refractivity contribution in [1.29, 1.82) is 0 Å². The molecule has 3 rings (SSSR count). The van der Waals surface area contributed by atoms with Gasteiger partial charge in [0.2, 0.25) is 0 Å². The highest BCUT2D eigenvalue weighted by Crippen LogP contribution is 2.34. The lowest BCUT2D eigenvalue weighted by molar-refractivity contribution is 0.0301. The molecule has 3 heterocycles. The van der Waals surface area contributed by atoms with Crippen LogP contribution in [0.5, 0.6) is 0 Å². The number of rotatable bonds is 1. The standard InChI is InChI=1S/C14H17N3O2S/c1-8-7-17(5-3-10(8)18)14(19)13-12(15)9-2-4-16-6-11(9)20-13/h2,4,6,8,10,18H,3,5,7,15H2,1H3. The number of aromatic nitrogens is 1. The van der Waals surface area contributed by atoms with Gasteiger partial charge in [-0.05, 0) is 18.4 Å². The quantitative estimate of drug-likeness (QED) is 0.838. The van der Waals surface area contributed by atoms with Gasteiger partial charge in [-0.3, -0.25) is 9.78 Å². The zero-order valence-electron chi connectivity index (χ0n) is 11.2. The number of pyridine rings is 1. The fourth-order valence-corrected chi connectivity index (χ4v) is 3.65. The molecule has 1 aliphatic rings. The summed E-state index contributed by atoms with van der Waals surface area (Å²) in [6.07, 6.45) is 3.72. The third kappa shape index (κ3) is 2.14. The first-order chi connectivity index (χ1) is 9.58. The Morgan fingerprint density at radius 3 is 3.10 bits per heavy atom. The van der Waals surface area contributed by atoms with Gasteiger partial charge >= 0.3 is 0 Å². The maximum absolute atomic E-state index is 12.6. The van der Waals surface area contributed by atoms with E-state index < -0.39 is 0 Å². The van der Waals surface area contributed by atoms with Crippen LogP contribution in [0.25, 0.3) is 10.1 Å². The Labute approximate surface area is 121 Å². The van der Waals surface area contributed by atoms with Crippen LogP contribution in [-0.4, -0.2) is 40.1 Å². The number of thiophene rings is 1. The van der Waals surface area contributed by atoms with Gasteiger partial charge in [0.1, 0.15) is 4.88 Å². The number of amides is 1. The van der Waals surface area contributed by atoms with Gasteiger partial charge in [0.25, 0.3) is 5.91 Å². The zero-order valence-corrected chi connectivity index (χ0v) is 12.1. The molecular weight excluding hydrogens is 274 g/mol. The number of nitrogens with two attached hydrogens (primary N) is 1. The molecule has 0 aromatic carbocycles. The van der Waals surface area contributed by atoms with Gasteiger partial charge in [0, 0.05) is 30.9 Å². The lowest BCUT2D eigenvalue weighted by Gasteiger charge is -2.34. The van der Waals surface area contributed by atoms with Crippen LogP contribution in [0.4, 0.5) is 5.69 Å². The van der Waals surface area contributed by atoms with Crippen molar-refractivity contribution in [2.45, 2.75) is 19.4 Å². The molecule has 0 radical (unpaired) electrons. The monoisotopic (exact) mass is 291 g/mol. The predicted octanol–water partition coefficient (Wildman–Crippen LogP) is 1.72. The smallest absolute Gasteiger partial charge is 0.266 e. The molecule has 5 nitrogen and oxygen atoms in total. The summed E-state index contributed by atoms with van der Waals surface area (Å²) in [5, 5.41) is 10.6. The average molecular weight is 291 g/mol. The zero-order chi connectivity index (χ0) is 14.3. The van der Waals surface area contributed by atoms with Crippen molar-refractivity contribution in [3.05, 3.63) is 23.3 Å². The molecule has 2 aromatic rings. The van der Waals surface area contributed by atoms with Crippen molar-refractivity contribution in [2.75, 3.05) is 18.8 Å². The summed E-state index contributed by atoms with van der Waals surface area (Å²) >= 11 is 1.39. The Morgan fingerprint density at radius 2 is 2.40 bits per heavy atom. The molecule has 0 saturated carbocycles. The van der Waals surface area contributed by atoms with Crippen LogP contribution in [-0.2, 0) is 0 Å². The molecule has 1 fully saturated rings. The third-order valence-corrected chi connectivity index (χ3v) is 5.02. The van der Waals surface area contributed by atoms with Gasteiger partial charge in [-0.1, -0.05) is 6.92 Å². The molecule has 0 aliphatic carbocycles. The van der Waals surface area contributed by atoms with Gasteiger partial charge in [-0.25, -0.2) is 0 Å². The third-order valence-electron chi connectivity index (χ3n) is 3.87. The first-order valence-corrected chi connectivity index (χ1v) is 7.49. The summed E-state index contributed by atoms with van der Waals surface area (Å²) in [6, 6.07) is 1.83. The number of nitrogens with zero attached hydrogens (tertiary/aromatic N) is 2. The lowest BCUT2D eigenvalue weighted by atomic mass is 9.96. The summed E-state index contributed by atoms with van der Waals surface area (Å²) in [6.45, 7) is 3.12. The Kier molecular flexibility index (Phi) is 3.35. The second kappa shape index (κ2) is 5.03. The number of likely N-dealkylation sites (tertiary alicyclic amines) is 1. The van der Waals surface area contributed by atoms with E-state index in [4.69, 9.17) is 5.73 Å². The first-order valence-electron chi connectivity index (χ1n) is 6.67. The lowest BCUT2D eigenvalue weighted by Crippen LogP contribution is -2.44. The summed E-state index contributed by atoms with van der Waals surface area (Å²) in [5.41, 5.74) is 6.63. The molecule has 2 aromatic heterocycles. The molecule has 2 atom stereocenters. The van der Waals surface area contributed by atoms with Crippen molar-refractivity contribution < 1.29 is 9.90 Å². The summed E-state index contributed by atoms with van der Waals surface area (Å²) in [5.74, 6) is 0.0624. The summed E-state index contributed by atoms with van der Waals surface area (Å²) < 4.78 is 0.929. The van der Waals surface area contributed by atoms with E-state index in [1.54, 1.807) is 17.3 Å². The molecular formula is C14H17N3O2S. The van der Waals surface area contributed by atoms with E-state index in [2.05, 4.69) is 4.98 Å². The van der Waals surface area contributed by atoms with E-state index in [0.717, 1.165) is 10.1 Å². The molecule has 2 unspecified atom stereocenters. The number of anilines is 1. The Bertz CT molecular complexity index is 655. The van der Waals surface area contributed by atoms with Gasteiger partial charge in [-0.2, -0.15) is 0 Å². The van der Waals surface area contributed by atoms with E-state index in [1.807, 2.05) is 13.0 Å². The average Bonchev–Trinajstić information content (AvgIpc) is 2.79. The van der Waals surface area contributed by atoms with Crippen LogP contribution >= 0.6 is 11.3 Å². The number of hydrogen-bond acceptors (Lipinski definition) is 5. The maximum atomic E-state index is 12.6.